The van der Waals surface area contributed by atoms with Crippen molar-refractivity contribution in [3.8, 4) is 5.69 Å². The van der Waals surface area contributed by atoms with Crippen LogP contribution in [-0.4, -0.2) is 39.7 Å². The van der Waals surface area contributed by atoms with Crippen molar-refractivity contribution in [2.45, 2.75) is 25.8 Å². The molecule has 0 atom stereocenters. The molecular weight excluding hydrogens is 344 g/mol. The van der Waals surface area contributed by atoms with Gasteiger partial charge in [-0.3, -0.25) is 4.79 Å². The molecule has 0 aliphatic carbocycles. The molecule has 1 amide bonds. The van der Waals surface area contributed by atoms with Crippen molar-refractivity contribution >= 4 is 21.8 Å². The second kappa shape index (κ2) is 6.22. The van der Waals surface area contributed by atoms with Gasteiger partial charge >= 0.3 is 0 Å². The summed E-state index contributed by atoms with van der Waals surface area (Å²) in [6.07, 6.45) is 3.39. The van der Waals surface area contributed by atoms with Gasteiger partial charge in [0.05, 0.1) is 23.1 Å². The summed E-state index contributed by atoms with van der Waals surface area (Å²) in [6.45, 7) is 3.37. The Hall–Kier alpha value is -1.66. The quantitative estimate of drug-likeness (QED) is 0.892. The number of carbonyl (C=O) groups is 1. The molecule has 2 N–H and O–H groups in total. The SMILES string of the molecule is Cc1c(C(=O)N2CCC(N)CC2)cnn1-c1cccc(Br)c1. The first-order valence-electron chi connectivity index (χ1n) is 7.41. The maximum absolute atomic E-state index is 12.7. The molecule has 116 valence electrons. The Kier molecular flexibility index (Phi) is 4.31. The van der Waals surface area contributed by atoms with E-state index in [0.717, 1.165) is 41.8 Å². The third kappa shape index (κ3) is 2.94. The highest BCUT2D eigenvalue weighted by Crippen LogP contribution is 2.20. The van der Waals surface area contributed by atoms with Gasteiger partial charge < -0.3 is 10.6 Å². The van der Waals surface area contributed by atoms with E-state index in [0.29, 0.717) is 5.56 Å². The summed E-state index contributed by atoms with van der Waals surface area (Å²) in [5.41, 5.74) is 8.36. The number of piperidine rings is 1. The van der Waals surface area contributed by atoms with Crippen molar-refractivity contribution < 1.29 is 4.79 Å². The molecule has 0 spiro atoms. The van der Waals surface area contributed by atoms with Gasteiger partial charge in [-0.25, -0.2) is 4.68 Å². The fraction of sp³-hybridized carbons (Fsp3) is 0.375. The van der Waals surface area contributed by atoms with Crippen LogP contribution in [0.2, 0.25) is 0 Å². The van der Waals surface area contributed by atoms with E-state index in [1.54, 1.807) is 10.9 Å². The first-order valence-corrected chi connectivity index (χ1v) is 8.21. The number of aromatic nitrogens is 2. The van der Waals surface area contributed by atoms with Gasteiger partial charge in [0.1, 0.15) is 0 Å². The zero-order valence-corrected chi connectivity index (χ0v) is 14.1. The van der Waals surface area contributed by atoms with E-state index in [1.165, 1.54) is 0 Å². The Balaban J connectivity index is 1.85. The number of rotatable bonds is 2. The Morgan fingerprint density at radius 3 is 2.77 bits per heavy atom. The molecule has 0 saturated carbocycles. The lowest BCUT2D eigenvalue weighted by Crippen LogP contribution is -2.42. The molecule has 5 nitrogen and oxygen atoms in total. The normalized spacial score (nSPS) is 16.0. The summed E-state index contributed by atoms with van der Waals surface area (Å²) in [5.74, 6) is 0.0469. The van der Waals surface area contributed by atoms with E-state index < -0.39 is 0 Å². The van der Waals surface area contributed by atoms with Crippen molar-refractivity contribution in [3.63, 3.8) is 0 Å². The molecule has 1 aromatic heterocycles. The standard InChI is InChI=1S/C16H19BrN4O/c1-11-15(16(22)20-7-5-13(18)6-8-20)10-19-21(11)14-4-2-3-12(17)9-14/h2-4,9-10,13H,5-8,18H2,1H3. The van der Waals surface area contributed by atoms with Crippen LogP contribution in [0.5, 0.6) is 0 Å². The van der Waals surface area contributed by atoms with Gasteiger partial charge in [-0.05, 0) is 38.0 Å². The third-order valence-corrected chi connectivity index (χ3v) is 4.61. The third-order valence-electron chi connectivity index (χ3n) is 4.12. The largest absolute Gasteiger partial charge is 0.338 e. The predicted molar refractivity (Wildman–Crippen MR) is 89.1 cm³/mol. The molecule has 0 unspecified atom stereocenters. The minimum absolute atomic E-state index is 0.0469. The summed E-state index contributed by atoms with van der Waals surface area (Å²) in [4.78, 5) is 14.5. The average Bonchev–Trinajstić information content (AvgIpc) is 2.89. The summed E-state index contributed by atoms with van der Waals surface area (Å²) in [6, 6.07) is 8.08. The summed E-state index contributed by atoms with van der Waals surface area (Å²) in [5, 5.41) is 4.38. The molecule has 1 aromatic carbocycles. The monoisotopic (exact) mass is 362 g/mol. The van der Waals surface area contributed by atoms with Crippen molar-refractivity contribution in [3.05, 3.63) is 46.2 Å². The Morgan fingerprint density at radius 1 is 1.36 bits per heavy atom. The highest BCUT2D eigenvalue weighted by atomic mass is 79.9. The minimum atomic E-state index is 0.0469. The van der Waals surface area contributed by atoms with Crippen LogP contribution in [-0.2, 0) is 0 Å². The van der Waals surface area contributed by atoms with Gasteiger partial charge in [0.2, 0.25) is 0 Å². The highest BCUT2D eigenvalue weighted by molar-refractivity contribution is 9.10. The zero-order chi connectivity index (χ0) is 15.7. The first kappa shape index (κ1) is 15.2. The number of hydrogen-bond donors (Lipinski definition) is 1. The maximum atomic E-state index is 12.7. The number of nitrogens with zero attached hydrogens (tertiary/aromatic N) is 3. The van der Waals surface area contributed by atoms with Gasteiger partial charge in [0.25, 0.3) is 5.91 Å². The number of hydrogen-bond acceptors (Lipinski definition) is 3. The van der Waals surface area contributed by atoms with Crippen molar-refractivity contribution in [2.75, 3.05) is 13.1 Å². The molecular formula is C16H19BrN4O. The van der Waals surface area contributed by atoms with Crippen LogP contribution >= 0.6 is 15.9 Å². The van der Waals surface area contributed by atoms with Gasteiger partial charge in [-0.2, -0.15) is 5.10 Å². The summed E-state index contributed by atoms with van der Waals surface area (Å²) < 4.78 is 2.78. The van der Waals surface area contributed by atoms with Gasteiger partial charge in [-0.15, -0.1) is 0 Å². The lowest BCUT2D eigenvalue weighted by atomic mass is 10.1. The molecule has 1 fully saturated rings. The first-order chi connectivity index (χ1) is 10.6. The van der Waals surface area contributed by atoms with Crippen LogP contribution < -0.4 is 5.73 Å². The minimum Gasteiger partial charge on any atom is -0.338 e. The Morgan fingerprint density at radius 2 is 2.09 bits per heavy atom. The predicted octanol–water partition coefficient (Wildman–Crippen LogP) is 2.51. The number of nitrogens with two attached hydrogens (primary N) is 1. The molecule has 2 aromatic rings. The molecule has 22 heavy (non-hydrogen) atoms. The number of amides is 1. The molecule has 1 aliphatic heterocycles. The Labute approximate surface area is 138 Å². The van der Waals surface area contributed by atoms with E-state index >= 15 is 0 Å². The fourth-order valence-corrected chi connectivity index (χ4v) is 3.15. The second-order valence-corrected chi connectivity index (χ2v) is 6.58. The van der Waals surface area contributed by atoms with E-state index in [4.69, 9.17) is 5.73 Å². The van der Waals surface area contributed by atoms with E-state index in [-0.39, 0.29) is 11.9 Å². The summed E-state index contributed by atoms with van der Waals surface area (Å²) >= 11 is 3.46. The molecule has 1 aliphatic rings. The maximum Gasteiger partial charge on any atom is 0.257 e. The lowest BCUT2D eigenvalue weighted by molar-refractivity contribution is 0.0714. The summed E-state index contributed by atoms with van der Waals surface area (Å²) in [7, 11) is 0. The number of carbonyl (C=O) groups excluding carboxylic acids is 1. The van der Waals surface area contributed by atoms with Crippen LogP contribution in [0.3, 0.4) is 0 Å². The van der Waals surface area contributed by atoms with E-state index in [2.05, 4.69) is 21.0 Å². The van der Waals surface area contributed by atoms with Gasteiger partial charge in [0.15, 0.2) is 0 Å². The lowest BCUT2D eigenvalue weighted by Gasteiger charge is -2.30. The van der Waals surface area contributed by atoms with Crippen LogP contribution in [0, 0.1) is 6.92 Å². The molecule has 6 heteroatoms. The zero-order valence-electron chi connectivity index (χ0n) is 12.5. The second-order valence-electron chi connectivity index (χ2n) is 5.66. The van der Waals surface area contributed by atoms with E-state index in [1.807, 2.05) is 36.1 Å². The van der Waals surface area contributed by atoms with Crippen LogP contribution in [0.1, 0.15) is 28.9 Å². The van der Waals surface area contributed by atoms with Gasteiger partial charge in [-0.1, -0.05) is 22.0 Å². The van der Waals surface area contributed by atoms with Crippen molar-refractivity contribution in [1.82, 2.24) is 14.7 Å². The van der Waals surface area contributed by atoms with Crippen LogP contribution in [0.25, 0.3) is 5.69 Å². The molecule has 1 saturated heterocycles. The van der Waals surface area contributed by atoms with Crippen LogP contribution in [0.4, 0.5) is 0 Å². The van der Waals surface area contributed by atoms with Crippen molar-refractivity contribution in [2.24, 2.45) is 5.73 Å². The smallest absolute Gasteiger partial charge is 0.257 e. The molecule has 0 bridgehead atoms. The van der Waals surface area contributed by atoms with E-state index in [9.17, 15) is 4.79 Å². The molecule has 2 heterocycles. The number of likely N-dealkylation sites (tertiary alicyclic amines) is 1. The Bertz CT molecular complexity index is 689. The number of halogens is 1. The van der Waals surface area contributed by atoms with Gasteiger partial charge in [0, 0.05) is 23.6 Å². The molecule has 3 rings (SSSR count). The fourth-order valence-electron chi connectivity index (χ4n) is 2.76. The highest BCUT2D eigenvalue weighted by Gasteiger charge is 2.24. The van der Waals surface area contributed by atoms with Crippen LogP contribution in [0.15, 0.2) is 34.9 Å². The number of benzene rings is 1. The van der Waals surface area contributed by atoms with Crippen molar-refractivity contribution in [1.29, 1.82) is 0 Å². The molecule has 0 radical (unpaired) electrons. The topological polar surface area (TPSA) is 64.2 Å². The average molecular weight is 363 g/mol.